The summed E-state index contributed by atoms with van der Waals surface area (Å²) in [6, 6.07) is 2.18. The first-order chi connectivity index (χ1) is 7.84. The van der Waals surface area contributed by atoms with E-state index in [-0.39, 0.29) is 5.56 Å². The van der Waals surface area contributed by atoms with Gasteiger partial charge in [-0.1, -0.05) is 6.07 Å². The lowest BCUT2D eigenvalue weighted by atomic mass is 9.98. The summed E-state index contributed by atoms with van der Waals surface area (Å²) in [5.41, 5.74) is -0.0740. The minimum atomic E-state index is -1.73. The maximum absolute atomic E-state index is 10.6. The van der Waals surface area contributed by atoms with Gasteiger partial charge in [0, 0.05) is 6.42 Å². The van der Waals surface area contributed by atoms with Gasteiger partial charge in [-0.2, -0.15) is 0 Å². The van der Waals surface area contributed by atoms with Crippen LogP contribution in [0.15, 0.2) is 12.1 Å². The Morgan fingerprint density at radius 3 is 2.00 bits per heavy atom. The van der Waals surface area contributed by atoms with Gasteiger partial charge in [0.05, 0.1) is 0 Å². The molecule has 1 aromatic carbocycles. The molecule has 0 amide bonds. The van der Waals surface area contributed by atoms with E-state index in [4.69, 9.17) is 15.3 Å². The van der Waals surface area contributed by atoms with Crippen molar-refractivity contribution in [3.05, 3.63) is 17.7 Å². The topological polar surface area (TPSA) is 135 Å². The Morgan fingerprint density at radius 2 is 1.53 bits per heavy atom. The Labute approximate surface area is 95.2 Å². The SMILES string of the molecule is O=C(O)C(Cc1ccc(O)c(O)c1O)C(=O)O. The van der Waals surface area contributed by atoms with E-state index in [9.17, 15) is 19.8 Å². The summed E-state index contributed by atoms with van der Waals surface area (Å²) in [7, 11) is 0. The van der Waals surface area contributed by atoms with E-state index in [1.165, 1.54) is 0 Å². The van der Waals surface area contributed by atoms with Gasteiger partial charge in [0.15, 0.2) is 17.4 Å². The van der Waals surface area contributed by atoms with Crippen LogP contribution < -0.4 is 0 Å². The third kappa shape index (κ3) is 2.57. The van der Waals surface area contributed by atoms with Crippen molar-refractivity contribution < 1.29 is 35.1 Å². The van der Waals surface area contributed by atoms with Crippen LogP contribution in [-0.2, 0) is 16.0 Å². The normalized spacial score (nSPS) is 10.4. The molecule has 0 aliphatic rings. The zero-order valence-corrected chi connectivity index (χ0v) is 8.49. The van der Waals surface area contributed by atoms with Crippen LogP contribution in [0, 0.1) is 5.92 Å². The molecule has 92 valence electrons. The van der Waals surface area contributed by atoms with E-state index >= 15 is 0 Å². The molecule has 0 bridgehead atoms. The molecule has 0 heterocycles. The number of hydrogen-bond donors (Lipinski definition) is 5. The lowest BCUT2D eigenvalue weighted by molar-refractivity contribution is -0.154. The van der Waals surface area contributed by atoms with E-state index in [1.54, 1.807) is 0 Å². The van der Waals surface area contributed by atoms with Gasteiger partial charge < -0.3 is 25.5 Å². The van der Waals surface area contributed by atoms with Crippen LogP contribution in [0.2, 0.25) is 0 Å². The maximum Gasteiger partial charge on any atom is 0.318 e. The summed E-state index contributed by atoms with van der Waals surface area (Å²) in [6.45, 7) is 0. The van der Waals surface area contributed by atoms with Crippen LogP contribution in [0.5, 0.6) is 17.2 Å². The second kappa shape index (κ2) is 4.60. The van der Waals surface area contributed by atoms with Gasteiger partial charge in [-0.05, 0) is 11.6 Å². The van der Waals surface area contributed by atoms with Crippen molar-refractivity contribution >= 4 is 11.9 Å². The van der Waals surface area contributed by atoms with Gasteiger partial charge in [0.1, 0.15) is 0 Å². The first-order valence-electron chi connectivity index (χ1n) is 4.53. The van der Waals surface area contributed by atoms with Crippen molar-refractivity contribution in [1.82, 2.24) is 0 Å². The number of carboxylic acid groups (broad SMARTS) is 2. The fourth-order valence-corrected chi connectivity index (χ4v) is 1.28. The fraction of sp³-hybridized carbons (Fsp3) is 0.200. The maximum atomic E-state index is 10.6. The van der Waals surface area contributed by atoms with Crippen LogP contribution in [0.1, 0.15) is 5.56 Å². The molecule has 0 radical (unpaired) electrons. The second-order valence-corrected chi connectivity index (χ2v) is 3.37. The number of rotatable bonds is 4. The van der Waals surface area contributed by atoms with Crippen molar-refractivity contribution in [2.24, 2.45) is 5.92 Å². The van der Waals surface area contributed by atoms with E-state index in [2.05, 4.69) is 0 Å². The molecule has 0 unspecified atom stereocenters. The molecular formula is C10H10O7. The number of carboxylic acids is 2. The summed E-state index contributed by atoms with van der Waals surface area (Å²) >= 11 is 0. The van der Waals surface area contributed by atoms with Gasteiger partial charge in [0.2, 0.25) is 5.75 Å². The summed E-state index contributed by atoms with van der Waals surface area (Å²) < 4.78 is 0. The smallest absolute Gasteiger partial charge is 0.318 e. The van der Waals surface area contributed by atoms with Crippen molar-refractivity contribution in [3.63, 3.8) is 0 Å². The molecular weight excluding hydrogens is 232 g/mol. The monoisotopic (exact) mass is 242 g/mol. The highest BCUT2D eigenvalue weighted by Crippen LogP contribution is 2.37. The minimum absolute atomic E-state index is 0.0740. The molecule has 0 atom stereocenters. The number of phenols is 3. The molecule has 1 rings (SSSR count). The van der Waals surface area contributed by atoms with E-state index in [0.29, 0.717) is 0 Å². The highest BCUT2D eigenvalue weighted by atomic mass is 16.4. The van der Waals surface area contributed by atoms with Crippen LogP contribution in [0.3, 0.4) is 0 Å². The zero-order chi connectivity index (χ0) is 13.2. The molecule has 0 spiro atoms. The van der Waals surface area contributed by atoms with Crippen LogP contribution in [0.25, 0.3) is 0 Å². The molecule has 17 heavy (non-hydrogen) atoms. The summed E-state index contributed by atoms with van der Waals surface area (Å²) in [5.74, 6) is -6.94. The van der Waals surface area contributed by atoms with Crippen LogP contribution in [-0.4, -0.2) is 37.5 Å². The molecule has 7 heteroatoms. The number of hydrogen-bond acceptors (Lipinski definition) is 5. The van der Waals surface area contributed by atoms with E-state index < -0.39 is 41.5 Å². The van der Waals surface area contributed by atoms with E-state index in [1.807, 2.05) is 0 Å². The minimum Gasteiger partial charge on any atom is -0.504 e. The summed E-state index contributed by atoms with van der Waals surface area (Å²) in [5, 5.41) is 44.9. The Bertz CT molecular complexity index is 452. The van der Waals surface area contributed by atoms with Crippen molar-refractivity contribution in [2.75, 3.05) is 0 Å². The lowest BCUT2D eigenvalue weighted by Crippen LogP contribution is -2.25. The Hall–Kier alpha value is -2.44. The molecule has 0 saturated carbocycles. The lowest BCUT2D eigenvalue weighted by Gasteiger charge is -2.10. The Kier molecular flexibility index (Phi) is 3.42. The predicted molar refractivity (Wildman–Crippen MR) is 53.9 cm³/mol. The number of phenolic OH excluding ortho intramolecular Hbond substituents is 3. The highest BCUT2D eigenvalue weighted by Gasteiger charge is 2.27. The Balaban J connectivity index is 3.06. The van der Waals surface area contributed by atoms with Gasteiger partial charge in [0.25, 0.3) is 0 Å². The quantitative estimate of drug-likeness (QED) is 0.374. The van der Waals surface area contributed by atoms with Crippen molar-refractivity contribution in [3.8, 4) is 17.2 Å². The molecule has 0 aromatic heterocycles. The molecule has 0 aliphatic carbocycles. The second-order valence-electron chi connectivity index (χ2n) is 3.37. The Morgan fingerprint density at radius 1 is 1.00 bits per heavy atom. The molecule has 0 saturated heterocycles. The van der Waals surface area contributed by atoms with Crippen LogP contribution in [0.4, 0.5) is 0 Å². The molecule has 0 fully saturated rings. The van der Waals surface area contributed by atoms with Gasteiger partial charge in [-0.3, -0.25) is 9.59 Å². The predicted octanol–water partition coefficient (Wildman–Crippen LogP) is 0.131. The standard InChI is InChI=1S/C10H10O7/c11-6-2-1-4(7(12)8(6)13)3-5(9(14)15)10(16)17/h1-2,5,11-13H,3H2,(H,14,15)(H,16,17). The number of benzene rings is 1. The highest BCUT2D eigenvalue weighted by molar-refractivity contribution is 5.93. The van der Waals surface area contributed by atoms with Crippen molar-refractivity contribution in [2.45, 2.75) is 6.42 Å². The largest absolute Gasteiger partial charge is 0.504 e. The number of carbonyl (C=O) groups is 2. The van der Waals surface area contributed by atoms with Crippen molar-refractivity contribution in [1.29, 1.82) is 0 Å². The molecule has 1 aromatic rings. The average molecular weight is 242 g/mol. The number of aliphatic carboxylic acids is 2. The third-order valence-corrected chi connectivity index (χ3v) is 2.23. The van der Waals surface area contributed by atoms with E-state index in [0.717, 1.165) is 12.1 Å². The molecule has 5 N–H and O–H groups in total. The number of aromatic hydroxyl groups is 3. The average Bonchev–Trinajstić information content (AvgIpc) is 2.24. The third-order valence-electron chi connectivity index (χ3n) is 2.23. The first-order valence-corrected chi connectivity index (χ1v) is 4.53. The van der Waals surface area contributed by atoms with Gasteiger partial charge in [-0.25, -0.2) is 0 Å². The summed E-state index contributed by atoms with van der Waals surface area (Å²) in [4.78, 5) is 21.3. The molecule has 0 aliphatic heterocycles. The van der Waals surface area contributed by atoms with Gasteiger partial charge in [-0.15, -0.1) is 0 Å². The molecule has 7 nitrogen and oxygen atoms in total. The first kappa shape index (κ1) is 12.6. The zero-order valence-electron chi connectivity index (χ0n) is 8.49. The van der Waals surface area contributed by atoms with Gasteiger partial charge >= 0.3 is 11.9 Å². The summed E-state index contributed by atoms with van der Waals surface area (Å²) in [6.07, 6.45) is -0.496. The fourth-order valence-electron chi connectivity index (χ4n) is 1.28. The van der Waals surface area contributed by atoms with Crippen LogP contribution >= 0.6 is 0 Å².